The fraction of sp³-hybridized carbons (Fsp3) is 0.111. The predicted molar refractivity (Wildman–Crippen MR) is 101 cm³/mol. The van der Waals surface area contributed by atoms with E-state index in [-0.39, 0.29) is 11.9 Å². The van der Waals surface area contributed by atoms with Crippen LogP contribution in [0.1, 0.15) is 15.2 Å². The normalized spacial score (nSPS) is 10.6. The highest BCUT2D eigenvalue weighted by molar-refractivity contribution is 7.12. The number of nitrogens with zero attached hydrogens (tertiary/aromatic N) is 3. The molecule has 0 aliphatic rings. The van der Waals surface area contributed by atoms with Gasteiger partial charge in [0.25, 0.3) is 5.91 Å². The molecule has 1 N–H and O–H groups in total. The molecule has 0 radical (unpaired) electrons. The summed E-state index contributed by atoms with van der Waals surface area (Å²) >= 11 is 1.34. The van der Waals surface area contributed by atoms with Crippen LogP contribution in [0.5, 0.6) is 23.5 Å². The largest absolute Gasteiger partial charge is 0.481 e. The summed E-state index contributed by atoms with van der Waals surface area (Å²) in [6, 6.07) is 12.3. The van der Waals surface area contributed by atoms with Gasteiger partial charge in [0.05, 0.1) is 31.4 Å². The van der Waals surface area contributed by atoms with Crippen molar-refractivity contribution in [3.8, 4) is 23.5 Å². The van der Waals surface area contributed by atoms with Gasteiger partial charge in [-0.3, -0.25) is 4.79 Å². The molecule has 0 aliphatic carbocycles. The number of benzene rings is 1. The number of hydrogen-bond donors (Lipinski definition) is 1. The van der Waals surface area contributed by atoms with E-state index in [1.807, 2.05) is 11.4 Å². The maximum Gasteiger partial charge on any atom is 0.328 e. The standard InChI is InChI=1S/C18H16N4O4S/c1-24-15-10-16(25-2)21-18(20-15)26-13-7-4-3-6-12(13)11-19-22-17(23)14-8-5-9-27-14/h3-11H,1-2H3,(H,22,23). The van der Waals surface area contributed by atoms with Crippen LogP contribution in [-0.2, 0) is 0 Å². The molecule has 0 saturated heterocycles. The molecule has 2 heterocycles. The minimum absolute atomic E-state index is 0.0645. The number of hydrazone groups is 1. The highest BCUT2D eigenvalue weighted by Crippen LogP contribution is 2.25. The summed E-state index contributed by atoms with van der Waals surface area (Å²) in [7, 11) is 2.98. The van der Waals surface area contributed by atoms with E-state index in [0.29, 0.717) is 28.0 Å². The van der Waals surface area contributed by atoms with Gasteiger partial charge in [-0.1, -0.05) is 18.2 Å². The van der Waals surface area contributed by atoms with Gasteiger partial charge < -0.3 is 14.2 Å². The Balaban J connectivity index is 1.76. The van der Waals surface area contributed by atoms with E-state index in [9.17, 15) is 4.79 Å². The van der Waals surface area contributed by atoms with Gasteiger partial charge in [0.1, 0.15) is 5.75 Å². The molecule has 27 heavy (non-hydrogen) atoms. The third-order valence-electron chi connectivity index (χ3n) is 3.31. The lowest BCUT2D eigenvalue weighted by Gasteiger charge is -2.09. The Morgan fingerprint density at radius 1 is 1.11 bits per heavy atom. The molecule has 3 rings (SSSR count). The van der Waals surface area contributed by atoms with Crippen molar-refractivity contribution in [3.63, 3.8) is 0 Å². The van der Waals surface area contributed by atoms with Crippen LogP contribution in [0.15, 0.2) is 52.9 Å². The summed E-state index contributed by atoms with van der Waals surface area (Å²) in [5.74, 6) is 0.805. The molecule has 138 valence electrons. The second-order valence-corrected chi connectivity index (χ2v) is 6.00. The van der Waals surface area contributed by atoms with Crippen LogP contribution in [-0.4, -0.2) is 36.3 Å². The Kier molecular flexibility index (Phi) is 5.95. The van der Waals surface area contributed by atoms with Gasteiger partial charge in [-0.25, -0.2) is 5.43 Å². The summed E-state index contributed by atoms with van der Waals surface area (Å²) in [6.07, 6.45) is 1.48. The van der Waals surface area contributed by atoms with Crippen molar-refractivity contribution in [1.82, 2.24) is 15.4 Å². The van der Waals surface area contributed by atoms with Crippen molar-refractivity contribution < 1.29 is 19.0 Å². The Bertz CT molecular complexity index is 922. The Morgan fingerprint density at radius 3 is 2.52 bits per heavy atom. The SMILES string of the molecule is COc1cc(OC)nc(Oc2ccccc2C=NNC(=O)c2cccs2)n1. The predicted octanol–water partition coefficient (Wildman–Crippen LogP) is 3.11. The minimum atomic E-state index is -0.277. The summed E-state index contributed by atoms with van der Waals surface area (Å²) in [5.41, 5.74) is 3.11. The number of ether oxygens (including phenoxy) is 3. The number of carbonyl (C=O) groups excluding carboxylic acids is 1. The zero-order valence-electron chi connectivity index (χ0n) is 14.6. The third-order valence-corrected chi connectivity index (χ3v) is 4.18. The number of para-hydroxylation sites is 1. The van der Waals surface area contributed by atoms with Gasteiger partial charge >= 0.3 is 6.01 Å². The number of rotatable bonds is 7. The maximum absolute atomic E-state index is 11.9. The van der Waals surface area contributed by atoms with Crippen LogP contribution in [0.3, 0.4) is 0 Å². The summed E-state index contributed by atoms with van der Waals surface area (Å²) < 4.78 is 16.0. The molecule has 0 bridgehead atoms. The van der Waals surface area contributed by atoms with Gasteiger partial charge in [-0.05, 0) is 23.6 Å². The van der Waals surface area contributed by atoms with Crippen LogP contribution in [0.25, 0.3) is 0 Å². The molecule has 0 saturated carbocycles. The van der Waals surface area contributed by atoms with Gasteiger partial charge in [0.15, 0.2) is 0 Å². The topological polar surface area (TPSA) is 94.9 Å². The van der Waals surface area contributed by atoms with E-state index in [0.717, 1.165) is 0 Å². The van der Waals surface area contributed by atoms with Crippen LogP contribution in [0, 0.1) is 0 Å². The lowest BCUT2D eigenvalue weighted by atomic mass is 10.2. The number of nitrogens with one attached hydrogen (secondary N) is 1. The van der Waals surface area contributed by atoms with Gasteiger partial charge in [-0.15, -0.1) is 11.3 Å². The Labute approximate surface area is 159 Å². The summed E-state index contributed by atoms with van der Waals surface area (Å²) in [4.78, 5) is 20.8. The van der Waals surface area contributed by atoms with E-state index in [1.165, 1.54) is 31.8 Å². The van der Waals surface area contributed by atoms with E-state index in [2.05, 4.69) is 20.5 Å². The van der Waals surface area contributed by atoms with Crippen molar-refractivity contribution in [1.29, 1.82) is 0 Å². The molecule has 1 amide bonds. The van der Waals surface area contributed by atoms with Crippen molar-refractivity contribution >= 4 is 23.5 Å². The van der Waals surface area contributed by atoms with Crippen molar-refractivity contribution in [3.05, 3.63) is 58.3 Å². The molecule has 0 spiro atoms. The minimum Gasteiger partial charge on any atom is -0.481 e. The van der Waals surface area contributed by atoms with E-state index >= 15 is 0 Å². The molecule has 0 fully saturated rings. The molecule has 1 aromatic carbocycles. The highest BCUT2D eigenvalue weighted by Gasteiger charge is 2.10. The Morgan fingerprint density at radius 2 is 1.85 bits per heavy atom. The Hall–Kier alpha value is -3.46. The first-order valence-electron chi connectivity index (χ1n) is 7.80. The van der Waals surface area contributed by atoms with E-state index in [4.69, 9.17) is 14.2 Å². The number of hydrogen-bond acceptors (Lipinski definition) is 8. The van der Waals surface area contributed by atoms with Crippen LogP contribution in [0.2, 0.25) is 0 Å². The summed E-state index contributed by atoms with van der Waals surface area (Å²) in [5, 5.41) is 5.80. The maximum atomic E-state index is 11.9. The molecular formula is C18H16N4O4S. The van der Waals surface area contributed by atoms with Gasteiger partial charge in [0.2, 0.25) is 11.8 Å². The quantitative estimate of drug-likeness (QED) is 0.497. The molecule has 8 nitrogen and oxygen atoms in total. The number of carbonyl (C=O) groups is 1. The monoisotopic (exact) mass is 384 g/mol. The molecule has 2 aromatic heterocycles. The average Bonchev–Trinajstić information content (AvgIpc) is 3.24. The van der Waals surface area contributed by atoms with Crippen molar-refractivity contribution in [2.75, 3.05) is 14.2 Å². The van der Waals surface area contributed by atoms with E-state index < -0.39 is 0 Å². The smallest absolute Gasteiger partial charge is 0.328 e. The lowest BCUT2D eigenvalue weighted by Crippen LogP contribution is -2.16. The first-order chi connectivity index (χ1) is 13.2. The molecule has 9 heteroatoms. The van der Waals surface area contributed by atoms with E-state index in [1.54, 1.807) is 36.4 Å². The first-order valence-corrected chi connectivity index (χ1v) is 8.68. The van der Waals surface area contributed by atoms with Gasteiger partial charge in [-0.2, -0.15) is 15.1 Å². The molecule has 3 aromatic rings. The number of methoxy groups -OCH3 is 2. The zero-order chi connectivity index (χ0) is 19.1. The number of thiophene rings is 1. The average molecular weight is 384 g/mol. The number of amides is 1. The lowest BCUT2D eigenvalue weighted by molar-refractivity contribution is 0.0959. The second-order valence-electron chi connectivity index (χ2n) is 5.05. The fourth-order valence-electron chi connectivity index (χ4n) is 2.04. The first kappa shape index (κ1) is 18.3. The second kappa shape index (κ2) is 8.77. The van der Waals surface area contributed by atoms with Crippen molar-refractivity contribution in [2.45, 2.75) is 0 Å². The molecular weight excluding hydrogens is 368 g/mol. The highest BCUT2D eigenvalue weighted by atomic mass is 32.1. The number of aromatic nitrogens is 2. The molecule has 0 aliphatic heterocycles. The van der Waals surface area contributed by atoms with Crippen LogP contribution >= 0.6 is 11.3 Å². The van der Waals surface area contributed by atoms with Gasteiger partial charge in [0, 0.05) is 5.56 Å². The summed E-state index contributed by atoms with van der Waals surface area (Å²) in [6.45, 7) is 0. The molecule has 0 unspecified atom stereocenters. The molecule has 0 atom stereocenters. The fourth-order valence-corrected chi connectivity index (χ4v) is 2.65. The van der Waals surface area contributed by atoms with Crippen molar-refractivity contribution in [2.24, 2.45) is 5.10 Å². The van der Waals surface area contributed by atoms with Crippen LogP contribution < -0.4 is 19.6 Å². The zero-order valence-corrected chi connectivity index (χ0v) is 15.4. The van der Waals surface area contributed by atoms with Crippen LogP contribution in [0.4, 0.5) is 0 Å². The third kappa shape index (κ3) is 4.79.